The van der Waals surface area contributed by atoms with Crippen LogP contribution in [0.15, 0.2) is 18.2 Å². The molecule has 2 aliphatic heterocycles. The van der Waals surface area contributed by atoms with Crippen LogP contribution in [0.1, 0.15) is 21.5 Å². The summed E-state index contributed by atoms with van der Waals surface area (Å²) >= 11 is 0. The Labute approximate surface area is 108 Å². The normalized spacial score (nSPS) is 19.9. The molecule has 1 amide bonds. The van der Waals surface area contributed by atoms with Crippen LogP contribution in [-0.4, -0.2) is 48.9 Å². The van der Waals surface area contributed by atoms with Gasteiger partial charge in [-0.15, -0.1) is 0 Å². The quantitative estimate of drug-likeness (QED) is 0.790. The standard InChI is InChI=1S/C14H19N3O/c1-16-9-12-3-2-11(8-13(12)10-16)14(18)17-6-4-15-5-7-17/h2-3,8,15H,4-7,9-10H2,1H3. The third-order valence-corrected chi connectivity index (χ3v) is 3.74. The van der Waals surface area contributed by atoms with E-state index >= 15 is 0 Å². The molecule has 2 heterocycles. The summed E-state index contributed by atoms with van der Waals surface area (Å²) in [7, 11) is 2.11. The van der Waals surface area contributed by atoms with Crippen molar-refractivity contribution in [2.45, 2.75) is 13.1 Å². The van der Waals surface area contributed by atoms with E-state index in [-0.39, 0.29) is 5.91 Å². The smallest absolute Gasteiger partial charge is 0.253 e. The molecule has 1 aromatic carbocycles. The lowest BCUT2D eigenvalue weighted by atomic mass is 10.1. The van der Waals surface area contributed by atoms with Crippen molar-refractivity contribution in [2.24, 2.45) is 0 Å². The summed E-state index contributed by atoms with van der Waals surface area (Å²) < 4.78 is 0. The second kappa shape index (κ2) is 4.71. The minimum absolute atomic E-state index is 0.175. The fourth-order valence-corrected chi connectivity index (χ4v) is 2.75. The van der Waals surface area contributed by atoms with Gasteiger partial charge < -0.3 is 10.2 Å². The molecular formula is C14H19N3O. The van der Waals surface area contributed by atoms with E-state index < -0.39 is 0 Å². The minimum Gasteiger partial charge on any atom is -0.336 e. The molecule has 0 saturated carbocycles. The number of rotatable bonds is 1. The Balaban J connectivity index is 1.80. The van der Waals surface area contributed by atoms with Crippen LogP contribution in [-0.2, 0) is 13.1 Å². The van der Waals surface area contributed by atoms with Gasteiger partial charge in [0.05, 0.1) is 0 Å². The Morgan fingerprint density at radius 3 is 2.67 bits per heavy atom. The molecule has 1 N–H and O–H groups in total. The Hall–Kier alpha value is -1.39. The molecule has 0 bridgehead atoms. The molecule has 0 unspecified atom stereocenters. The number of benzene rings is 1. The van der Waals surface area contributed by atoms with Crippen LogP contribution in [0.2, 0.25) is 0 Å². The van der Waals surface area contributed by atoms with Gasteiger partial charge in [-0.2, -0.15) is 0 Å². The number of hydrogen-bond donors (Lipinski definition) is 1. The first-order chi connectivity index (χ1) is 8.74. The fourth-order valence-electron chi connectivity index (χ4n) is 2.75. The average molecular weight is 245 g/mol. The summed E-state index contributed by atoms with van der Waals surface area (Å²) in [5.41, 5.74) is 3.50. The zero-order chi connectivity index (χ0) is 12.5. The number of fused-ring (bicyclic) bond motifs is 1. The highest BCUT2D eigenvalue weighted by Gasteiger charge is 2.21. The van der Waals surface area contributed by atoms with Crippen molar-refractivity contribution in [1.29, 1.82) is 0 Å². The van der Waals surface area contributed by atoms with Crippen LogP contribution in [0.4, 0.5) is 0 Å². The number of carbonyl (C=O) groups is 1. The molecule has 1 aromatic rings. The molecule has 2 aliphatic rings. The van der Waals surface area contributed by atoms with Gasteiger partial charge in [0.1, 0.15) is 0 Å². The lowest BCUT2D eigenvalue weighted by Crippen LogP contribution is -2.46. The summed E-state index contributed by atoms with van der Waals surface area (Å²) in [6.45, 7) is 5.39. The van der Waals surface area contributed by atoms with Crippen molar-refractivity contribution >= 4 is 5.91 Å². The minimum atomic E-state index is 0.175. The van der Waals surface area contributed by atoms with Gasteiger partial charge in [-0.3, -0.25) is 9.69 Å². The molecular weight excluding hydrogens is 226 g/mol. The first-order valence-electron chi connectivity index (χ1n) is 6.54. The molecule has 3 rings (SSSR count). The third-order valence-electron chi connectivity index (χ3n) is 3.74. The van der Waals surface area contributed by atoms with E-state index in [2.05, 4.69) is 29.4 Å². The van der Waals surface area contributed by atoms with Crippen molar-refractivity contribution in [3.63, 3.8) is 0 Å². The van der Waals surface area contributed by atoms with E-state index in [1.54, 1.807) is 0 Å². The number of nitrogens with zero attached hydrogens (tertiary/aromatic N) is 2. The SMILES string of the molecule is CN1Cc2ccc(C(=O)N3CCNCC3)cc2C1. The molecule has 4 heteroatoms. The number of hydrogen-bond acceptors (Lipinski definition) is 3. The molecule has 0 aromatic heterocycles. The van der Waals surface area contributed by atoms with Gasteiger partial charge in [0.25, 0.3) is 5.91 Å². The van der Waals surface area contributed by atoms with Crippen molar-refractivity contribution < 1.29 is 4.79 Å². The Kier molecular flexibility index (Phi) is 3.06. The maximum Gasteiger partial charge on any atom is 0.253 e. The van der Waals surface area contributed by atoms with E-state index in [1.165, 1.54) is 11.1 Å². The lowest BCUT2D eigenvalue weighted by molar-refractivity contribution is 0.0735. The van der Waals surface area contributed by atoms with Gasteiger partial charge in [-0.1, -0.05) is 6.07 Å². The predicted molar refractivity (Wildman–Crippen MR) is 70.4 cm³/mol. The molecule has 0 radical (unpaired) electrons. The maximum absolute atomic E-state index is 12.4. The van der Waals surface area contributed by atoms with Gasteiger partial charge in [-0.25, -0.2) is 0 Å². The number of piperazine rings is 1. The monoisotopic (exact) mass is 245 g/mol. The maximum atomic E-state index is 12.4. The van der Waals surface area contributed by atoms with E-state index in [9.17, 15) is 4.79 Å². The van der Waals surface area contributed by atoms with Crippen LogP contribution >= 0.6 is 0 Å². The van der Waals surface area contributed by atoms with Crippen LogP contribution in [0.3, 0.4) is 0 Å². The molecule has 0 spiro atoms. The van der Waals surface area contributed by atoms with Gasteiger partial charge >= 0.3 is 0 Å². The molecule has 1 saturated heterocycles. The topological polar surface area (TPSA) is 35.6 Å². The predicted octanol–water partition coefficient (Wildman–Crippen LogP) is 0.677. The van der Waals surface area contributed by atoms with Crippen molar-refractivity contribution in [2.75, 3.05) is 33.2 Å². The van der Waals surface area contributed by atoms with Crippen molar-refractivity contribution in [1.82, 2.24) is 15.1 Å². The zero-order valence-electron chi connectivity index (χ0n) is 10.8. The van der Waals surface area contributed by atoms with Crippen molar-refractivity contribution in [3.8, 4) is 0 Å². The summed E-state index contributed by atoms with van der Waals surface area (Å²) in [6, 6.07) is 6.15. The number of nitrogens with one attached hydrogen (secondary N) is 1. The van der Waals surface area contributed by atoms with Crippen LogP contribution in [0.25, 0.3) is 0 Å². The zero-order valence-corrected chi connectivity index (χ0v) is 10.8. The van der Waals surface area contributed by atoms with Gasteiger partial charge in [0, 0.05) is 44.8 Å². The van der Waals surface area contributed by atoms with E-state index in [4.69, 9.17) is 0 Å². The second-order valence-corrected chi connectivity index (χ2v) is 5.20. The Bertz CT molecular complexity index is 466. The highest BCUT2D eigenvalue weighted by molar-refractivity contribution is 5.94. The van der Waals surface area contributed by atoms with Crippen molar-refractivity contribution in [3.05, 3.63) is 34.9 Å². The van der Waals surface area contributed by atoms with Gasteiger partial charge in [-0.05, 0) is 30.3 Å². The first-order valence-corrected chi connectivity index (χ1v) is 6.54. The number of carbonyl (C=O) groups excluding carboxylic acids is 1. The summed E-state index contributed by atoms with van der Waals surface area (Å²) in [5, 5.41) is 3.27. The first kappa shape index (κ1) is 11.7. The summed E-state index contributed by atoms with van der Waals surface area (Å²) in [5.74, 6) is 0.175. The summed E-state index contributed by atoms with van der Waals surface area (Å²) in [6.07, 6.45) is 0. The Morgan fingerprint density at radius 2 is 1.89 bits per heavy atom. The second-order valence-electron chi connectivity index (χ2n) is 5.20. The molecule has 0 atom stereocenters. The lowest BCUT2D eigenvalue weighted by Gasteiger charge is -2.27. The Morgan fingerprint density at radius 1 is 1.17 bits per heavy atom. The molecule has 18 heavy (non-hydrogen) atoms. The van der Waals surface area contributed by atoms with Crippen LogP contribution in [0.5, 0.6) is 0 Å². The van der Waals surface area contributed by atoms with E-state index in [0.717, 1.165) is 44.8 Å². The average Bonchev–Trinajstić information content (AvgIpc) is 2.78. The summed E-state index contributed by atoms with van der Waals surface area (Å²) in [4.78, 5) is 16.6. The fraction of sp³-hybridized carbons (Fsp3) is 0.500. The molecule has 96 valence electrons. The van der Waals surface area contributed by atoms with E-state index in [1.807, 2.05) is 11.0 Å². The molecule has 4 nitrogen and oxygen atoms in total. The largest absolute Gasteiger partial charge is 0.336 e. The van der Waals surface area contributed by atoms with Crippen LogP contribution in [0, 0.1) is 0 Å². The third kappa shape index (κ3) is 2.13. The number of amides is 1. The van der Waals surface area contributed by atoms with Gasteiger partial charge in [0.2, 0.25) is 0 Å². The van der Waals surface area contributed by atoms with E-state index in [0.29, 0.717) is 0 Å². The van der Waals surface area contributed by atoms with Crippen LogP contribution < -0.4 is 5.32 Å². The molecule has 1 fully saturated rings. The van der Waals surface area contributed by atoms with Gasteiger partial charge in [0.15, 0.2) is 0 Å². The highest BCUT2D eigenvalue weighted by atomic mass is 16.2. The molecule has 0 aliphatic carbocycles. The highest BCUT2D eigenvalue weighted by Crippen LogP contribution is 2.23.